The van der Waals surface area contributed by atoms with E-state index in [1.165, 1.54) is 11.1 Å². The lowest BCUT2D eigenvalue weighted by molar-refractivity contribution is -0.141. The molecule has 1 aromatic rings. The number of aryl methyl sites for hydroxylation is 1. The lowest BCUT2D eigenvalue weighted by Crippen LogP contribution is -2.59. The lowest BCUT2D eigenvalue weighted by Gasteiger charge is -2.49. The van der Waals surface area contributed by atoms with E-state index in [1.54, 1.807) is 0 Å². The Labute approximate surface area is 126 Å². The van der Waals surface area contributed by atoms with Crippen molar-refractivity contribution in [1.82, 2.24) is 9.80 Å². The van der Waals surface area contributed by atoms with Crippen molar-refractivity contribution in [2.24, 2.45) is 0 Å². The first-order chi connectivity index (χ1) is 10.1. The number of carbonyl (C=O) groups is 1. The monoisotopic (exact) mass is 288 g/mol. The summed E-state index contributed by atoms with van der Waals surface area (Å²) in [4.78, 5) is 16.2. The fraction of sp³-hybridized carbons (Fsp3) is 0.588. The minimum atomic E-state index is -0.673. The Bertz CT molecular complexity index is 523. The minimum absolute atomic E-state index is 0.193. The predicted octanol–water partition coefficient (Wildman–Crippen LogP) is 1.64. The summed E-state index contributed by atoms with van der Waals surface area (Å²) in [6.45, 7) is 4.02. The number of likely N-dealkylation sites (N-methyl/N-ethyl adjacent to an activating group) is 1. The number of fused-ring (bicyclic) bond motifs is 1. The van der Waals surface area contributed by atoms with Crippen molar-refractivity contribution in [3.8, 4) is 0 Å². The van der Waals surface area contributed by atoms with Gasteiger partial charge in [0.25, 0.3) is 0 Å². The quantitative estimate of drug-likeness (QED) is 0.918. The summed E-state index contributed by atoms with van der Waals surface area (Å²) >= 11 is 0. The third-order valence-electron chi connectivity index (χ3n) is 5.15. The van der Waals surface area contributed by atoms with E-state index in [2.05, 4.69) is 41.1 Å². The van der Waals surface area contributed by atoms with Crippen LogP contribution in [0, 0.1) is 0 Å². The fourth-order valence-corrected chi connectivity index (χ4v) is 3.88. The van der Waals surface area contributed by atoms with Gasteiger partial charge in [-0.1, -0.05) is 24.3 Å². The molecular weight excluding hydrogens is 264 g/mol. The molecule has 4 nitrogen and oxygen atoms in total. The number of carboxylic acids is 1. The van der Waals surface area contributed by atoms with Gasteiger partial charge in [0.15, 0.2) is 0 Å². The molecule has 4 heteroatoms. The molecule has 1 saturated heterocycles. The Hall–Kier alpha value is -1.39. The highest BCUT2D eigenvalue weighted by molar-refractivity contribution is 5.68. The van der Waals surface area contributed by atoms with Gasteiger partial charge in [0.05, 0.1) is 6.42 Å². The van der Waals surface area contributed by atoms with Crippen molar-refractivity contribution in [3.63, 3.8) is 0 Å². The highest BCUT2D eigenvalue weighted by atomic mass is 16.4. The SMILES string of the molecule is CN1CCN(C2(CC(=O)O)CCc3ccccc3C2)CC1. The third-order valence-corrected chi connectivity index (χ3v) is 5.15. The molecule has 1 aliphatic heterocycles. The Morgan fingerprint density at radius 2 is 1.86 bits per heavy atom. The topological polar surface area (TPSA) is 43.8 Å². The van der Waals surface area contributed by atoms with Crippen molar-refractivity contribution in [2.75, 3.05) is 33.2 Å². The molecule has 0 spiro atoms. The summed E-state index contributed by atoms with van der Waals surface area (Å²) < 4.78 is 0. The van der Waals surface area contributed by atoms with Gasteiger partial charge in [0, 0.05) is 31.7 Å². The summed E-state index contributed by atoms with van der Waals surface area (Å²) in [5.74, 6) is -0.673. The van der Waals surface area contributed by atoms with Crippen LogP contribution in [-0.2, 0) is 17.6 Å². The second-order valence-electron chi connectivity index (χ2n) is 6.53. The molecule has 1 aromatic carbocycles. The molecule has 1 heterocycles. The van der Waals surface area contributed by atoms with Gasteiger partial charge in [-0.05, 0) is 37.4 Å². The molecule has 3 rings (SSSR count). The highest BCUT2D eigenvalue weighted by Gasteiger charge is 2.42. The summed E-state index contributed by atoms with van der Waals surface area (Å²) in [5.41, 5.74) is 2.54. The van der Waals surface area contributed by atoms with Crippen LogP contribution in [0.3, 0.4) is 0 Å². The van der Waals surface area contributed by atoms with E-state index in [1.807, 2.05) is 0 Å². The predicted molar refractivity (Wildman–Crippen MR) is 82.5 cm³/mol. The highest BCUT2D eigenvalue weighted by Crippen LogP contribution is 2.36. The van der Waals surface area contributed by atoms with E-state index in [9.17, 15) is 9.90 Å². The van der Waals surface area contributed by atoms with Gasteiger partial charge in [0.1, 0.15) is 0 Å². The molecule has 1 fully saturated rings. The van der Waals surface area contributed by atoms with Gasteiger partial charge in [-0.3, -0.25) is 9.69 Å². The van der Waals surface area contributed by atoms with Crippen LogP contribution < -0.4 is 0 Å². The first-order valence-electron chi connectivity index (χ1n) is 7.81. The summed E-state index contributed by atoms with van der Waals surface area (Å²) in [6, 6.07) is 8.50. The second kappa shape index (κ2) is 5.78. The Morgan fingerprint density at radius 1 is 1.19 bits per heavy atom. The maximum atomic E-state index is 11.5. The first-order valence-corrected chi connectivity index (χ1v) is 7.81. The van der Waals surface area contributed by atoms with Crippen LogP contribution in [0.25, 0.3) is 0 Å². The van der Waals surface area contributed by atoms with Crippen molar-refractivity contribution in [2.45, 2.75) is 31.2 Å². The molecule has 1 atom stereocenters. The van der Waals surface area contributed by atoms with Gasteiger partial charge in [-0.15, -0.1) is 0 Å². The van der Waals surface area contributed by atoms with Crippen LogP contribution in [0.15, 0.2) is 24.3 Å². The fourth-order valence-electron chi connectivity index (χ4n) is 3.88. The number of hydrogen-bond donors (Lipinski definition) is 1. The maximum Gasteiger partial charge on any atom is 0.305 e. The van der Waals surface area contributed by atoms with E-state index in [-0.39, 0.29) is 12.0 Å². The van der Waals surface area contributed by atoms with E-state index >= 15 is 0 Å². The number of rotatable bonds is 3. The smallest absolute Gasteiger partial charge is 0.305 e. The molecule has 0 bridgehead atoms. The van der Waals surface area contributed by atoms with Gasteiger partial charge in [-0.2, -0.15) is 0 Å². The van der Waals surface area contributed by atoms with Gasteiger partial charge in [0.2, 0.25) is 0 Å². The van der Waals surface area contributed by atoms with Gasteiger partial charge >= 0.3 is 5.97 Å². The van der Waals surface area contributed by atoms with Crippen LogP contribution in [0.1, 0.15) is 24.0 Å². The average molecular weight is 288 g/mol. The molecular formula is C17H24N2O2. The molecule has 0 saturated carbocycles. The zero-order valence-corrected chi connectivity index (χ0v) is 12.7. The van der Waals surface area contributed by atoms with Crippen LogP contribution in [0.2, 0.25) is 0 Å². The van der Waals surface area contributed by atoms with Crippen molar-refractivity contribution in [3.05, 3.63) is 35.4 Å². The Morgan fingerprint density at radius 3 is 2.52 bits per heavy atom. The number of nitrogens with zero attached hydrogens (tertiary/aromatic N) is 2. The Balaban J connectivity index is 1.86. The van der Waals surface area contributed by atoms with E-state index in [4.69, 9.17) is 0 Å². The maximum absolute atomic E-state index is 11.5. The number of aliphatic carboxylic acids is 1. The summed E-state index contributed by atoms with van der Waals surface area (Å²) in [7, 11) is 2.14. The van der Waals surface area contributed by atoms with E-state index in [0.717, 1.165) is 45.4 Å². The molecule has 0 aromatic heterocycles. The van der Waals surface area contributed by atoms with E-state index in [0.29, 0.717) is 0 Å². The summed E-state index contributed by atoms with van der Waals surface area (Å²) in [5, 5.41) is 9.42. The normalized spacial score (nSPS) is 27.3. The largest absolute Gasteiger partial charge is 0.481 e. The molecule has 0 amide bonds. The number of hydrogen-bond acceptors (Lipinski definition) is 3. The van der Waals surface area contributed by atoms with Gasteiger partial charge in [-0.25, -0.2) is 0 Å². The molecule has 21 heavy (non-hydrogen) atoms. The molecule has 1 N–H and O–H groups in total. The van der Waals surface area contributed by atoms with Gasteiger partial charge < -0.3 is 10.0 Å². The van der Waals surface area contributed by atoms with Crippen LogP contribution >= 0.6 is 0 Å². The van der Waals surface area contributed by atoms with E-state index < -0.39 is 5.97 Å². The molecule has 114 valence electrons. The van der Waals surface area contributed by atoms with Crippen LogP contribution in [0.4, 0.5) is 0 Å². The standard InChI is InChI=1S/C17H24N2O2/c1-18-8-10-19(11-9-18)17(13-16(20)21)7-6-14-4-2-3-5-15(14)12-17/h2-5H,6-13H2,1H3,(H,20,21). The third kappa shape index (κ3) is 2.97. The summed E-state index contributed by atoms with van der Waals surface area (Å²) in [6.07, 6.45) is 3.08. The van der Waals surface area contributed by atoms with Crippen LogP contribution in [0.5, 0.6) is 0 Å². The van der Waals surface area contributed by atoms with Crippen molar-refractivity contribution >= 4 is 5.97 Å². The van der Waals surface area contributed by atoms with Crippen LogP contribution in [-0.4, -0.2) is 59.6 Å². The van der Waals surface area contributed by atoms with Crippen molar-refractivity contribution < 1.29 is 9.90 Å². The molecule has 1 aliphatic carbocycles. The zero-order valence-electron chi connectivity index (χ0n) is 12.7. The number of benzene rings is 1. The molecule has 0 radical (unpaired) electrons. The van der Waals surface area contributed by atoms with Crippen molar-refractivity contribution in [1.29, 1.82) is 0 Å². The second-order valence-corrected chi connectivity index (χ2v) is 6.53. The minimum Gasteiger partial charge on any atom is -0.481 e. The zero-order chi connectivity index (χ0) is 14.9. The Kier molecular flexibility index (Phi) is 4.00. The average Bonchev–Trinajstić information content (AvgIpc) is 2.47. The first kappa shape index (κ1) is 14.5. The lowest BCUT2D eigenvalue weighted by atomic mass is 9.74. The number of carboxylic acid groups (broad SMARTS) is 1. The molecule has 2 aliphatic rings. The molecule has 1 unspecified atom stereocenters. The number of piperazine rings is 1.